The number of rotatable bonds is 4. The molecule has 2 aromatic rings. The second-order valence-electron chi connectivity index (χ2n) is 6.03. The van der Waals surface area contributed by atoms with Crippen molar-refractivity contribution < 1.29 is 4.79 Å². The van der Waals surface area contributed by atoms with Gasteiger partial charge in [-0.15, -0.1) is 0 Å². The zero-order valence-electron chi connectivity index (χ0n) is 13.7. The van der Waals surface area contributed by atoms with E-state index in [9.17, 15) is 4.79 Å². The van der Waals surface area contributed by atoms with Gasteiger partial charge in [-0.3, -0.25) is 9.69 Å². The molecule has 1 aliphatic heterocycles. The normalized spacial score (nSPS) is 16.3. The molecule has 0 bridgehead atoms. The lowest BCUT2D eigenvalue weighted by Crippen LogP contribution is -2.23. The van der Waals surface area contributed by atoms with E-state index >= 15 is 0 Å². The smallest absolute Gasteiger partial charge is 0.269 e. The quantitative estimate of drug-likeness (QED) is 0.943. The Balaban J connectivity index is 1.80. The van der Waals surface area contributed by atoms with Gasteiger partial charge in [-0.1, -0.05) is 30.3 Å². The second-order valence-corrected chi connectivity index (χ2v) is 6.03. The molecule has 3 rings (SSSR count). The molecule has 1 atom stereocenters. The summed E-state index contributed by atoms with van der Waals surface area (Å²) in [6.45, 7) is 4.65. The van der Waals surface area contributed by atoms with Gasteiger partial charge in [0.2, 0.25) is 0 Å². The van der Waals surface area contributed by atoms with Crippen LogP contribution in [-0.4, -0.2) is 35.9 Å². The first-order valence-corrected chi connectivity index (χ1v) is 8.22. The first kappa shape index (κ1) is 15.7. The Morgan fingerprint density at radius 3 is 2.48 bits per heavy atom. The van der Waals surface area contributed by atoms with E-state index in [0.29, 0.717) is 11.7 Å². The monoisotopic (exact) mass is 309 g/mol. The van der Waals surface area contributed by atoms with Crippen LogP contribution in [0, 0.1) is 0 Å². The van der Waals surface area contributed by atoms with E-state index in [1.807, 2.05) is 12.1 Å². The molecule has 1 fully saturated rings. The van der Waals surface area contributed by atoms with E-state index in [4.69, 9.17) is 0 Å². The molecule has 1 N–H and O–H groups in total. The number of benzene rings is 1. The third-order valence-electron chi connectivity index (χ3n) is 4.59. The second kappa shape index (κ2) is 6.92. The topological polar surface area (TPSA) is 45.2 Å². The van der Waals surface area contributed by atoms with E-state index < -0.39 is 0 Å². The summed E-state index contributed by atoms with van der Waals surface area (Å²) >= 11 is 0. The van der Waals surface area contributed by atoms with Gasteiger partial charge >= 0.3 is 0 Å². The van der Waals surface area contributed by atoms with Crippen molar-refractivity contribution in [3.63, 3.8) is 0 Å². The summed E-state index contributed by atoms with van der Waals surface area (Å²) in [6.07, 6.45) is 2.61. The molecule has 1 saturated heterocycles. The van der Waals surface area contributed by atoms with E-state index in [-0.39, 0.29) is 5.91 Å². The van der Waals surface area contributed by atoms with Crippen molar-refractivity contribution in [3.8, 4) is 11.3 Å². The lowest BCUT2D eigenvalue weighted by molar-refractivity contribution is 0.0958. The minimum atomic E-state index is -0.161. The maximum Gasteiger partial charge on any atom is 0.269 e. The molecule has 4 heteroatoms. The van der Waals surface area contributed by atoms with Crippen LogP contribution in [-0.2, 0) is 0 Å². The van der Waals surface area contributed by atoms with Crippen LogP contribution in [0.4, 0.5) is 0 Å². The molecule has 4 nitrogen and oxygen atoms in total. The highest BCUT2D eigenvalue weighted by Crippen LogP contribution is 2.26. The summed E-state index contributed by atoms with van der Waals surface area (Å²) in [7, 11) is 1.62. The van der Waals surface area contributed by atoms with Gasteiger partial charge in [-0.2, -0.15) is 0 Å². The molecule has 23 heavy (non-hydrogen) atoms. The fourth-order valence-electron chi connectivity index (χ4n) is 3.12. The molecule has 1 aromatic carbocycles. The third-order valence-corrected chi connectivity index (χ3v) is 4.59. The molecule has 0 spiro atoms. The van der Waals surface area contributed by atoms with Crippen molar-refractivity contribution >= 4 is 5.91 Å². The lowest BCUT2D eigenvalue weighted by atomic mass is 10.0. The summed E-state index contributed by atoms with van der Waals surface area (Å²) in [5, 5.41) is 2.61. The summed E-state index contributed by atoms with van der Waals surface area (Å²) in [5.41, 5.74) is 3.64. The number of nitrogens with zero attached hydrogens (tertiary/aromatic N) is 2. The minimum absolute atomic E-state index is 0.161. The van der Waals surface area contributed by atoms with Crippen LogP contribution < -0.4 is 5.32 Å². The number of likely N-dealkylation sites (tertiary alicyclic amines) is 1. The van der Waals surface area contributed by atoms with Crippen LogP contribution in [0.25, 0.3) is 11.3 Å². The number of aromatic nitrogens is 1. The maximum atomic E-state index is 11.7. The first-order chi connectivity index (χ1) is 11.2. The summed E-state index contributed by atoms with van der Waals surface area (Å²) in [4.78, 5) is 18.7. The van der Waals surface area contributed by atoms with Crippen LogP contribution in [0.1, 0.15) is 41.9 Å². The summed E-state index contributed by atoms with van der Waals surface area (Å²) < 4.78 is 0. The summed E-state index contributed by atoms with van der Waals surface area (Å²) in [5.74, 6) is -0.161. The molecule has 0 radical (unpaired) electrons. The molecule has 0 saturated carbocycles. The lowest BCUT2D eigenvalue weighted by Gasteiger charge is -2.24. The molecule has 1 aliphatic rings. The predicted octanol–water partition coefficient (Wildman–Crippen LogP) is 3.27. The average molecular weight is 309 g/mol. The number of carbonyl (C=O) groups is 1. The van der Waals surface area contributed by atoms with Crippen LogP contribution >= 0.6 is 0 Å². The summed E-state index contributed by atoms with van der Waals surface area (Å²) in [6, 6.07) is 14.5. The van der Waals surface area contributed by atoms with Gasteiger partial charge in [0.05, 0.1) is 5.69 Å². The van der Waals surface area contributed by atoms with Crippen molar-refractivity contribution in [1.29, 1.82) is 0 Å². The Bertz CT molecular complexity index is 675. The Morgan fingerprint density at radius 1 is 1.13 bits per heavy atom. The zero-order chi connectivity index (χ0) is 16.2. The van der Waals surface area contributed by atoms with Gasteiger partial charge in [0.1, 0.15) is 5.69 Å². The van der Waals surface area contributed by atoms with Crippen LogP contribution in [0.3, 0.4) is 0 Å². The van der Waals surface area contributed by atoms with Crippen molar-refractivity contribution in [2.75, 3.05) is 20.1 Å². The van der Waals surface area contributed by atoms with Crippen LogP contribution in [0.5, 0.6) is 0 Å². The standard InChI is InChI=1S/C19H23N3O/c1-14(22-12-3-4-13-22)15-8-10-16(11-9-15)17-6-5-7-18(21-17)19(23)20-2/h5-11,14H,3-4,12-13H2,1-2H3,(H,20,23). The van der Waals surface area contributed by atoms with E-state index in [2.05, 4.69) is 46.4 Å². The number of hydrogen-bond acceptors (Lipinski definition) is 3. The predicted molar refractivity (Wildman–Crippen MR) is 92.3 cm³/mol. The Hall–Kier alpha value is -2.20. The number of amides is 1. The van der Waals surface area contributed by atoms with Crippen molar-refractivity contribution in [2.45, 2.75) is 25.8 Å². The first-order valence-electron chi connectivity index (χ1n) is 8.22. The minimum Gasteiger partial charge on any atom is -0.354 e. The highest BCUT2D eigenvalue weighted by Gasteiger charge is 2.19. The molecular weight excluding hydrogens is 286 g/mol. The van der Waals surface area contributed by atoms with E-state index in [0.717, 1.165) is 11.3 Å². The van der Waals surface area contributed by atoms with Crippen molar-refractivity contribution in [2.24, 2.45) is 0 Å². The van der Waals surface area contributed by atoms with Gasteiger partial charge < -0.3 is 5.32 Å². The zero-order valence-corrected chi connectivity index (χ0v) is 13.7. The SMILES string of the molecule is CNC(=O)c1cccc(-c2ccc(C(C)N3CCCC3)cc2)n1. The molecule has 1 aromatic heterocycles. The van der Waals surface area contributed by atoms with E-state index in [1.165, 1.54) is 31.5 Å². The van der Waals surface area contributed by atoms with E-state index in [1.54, 1.807) is 13.1 Å². The van der Waals surface area contributed by atoms with Gasteiger partial charge in [0, 0.05) is 18.7 Å². The fraction of sp³-hybridized carbons (Fsp3) is 0.368. The molecule has 0 aliphatic carbocycles. The number of nitrogens with one attached hydrogen (secondary N) is 1. The van der Waals surface area contributed by atoms with Gasteiger partial charge in [-0.05, 0) is 50.6 Å². The number of pyridine rings is 1. The average Bonchev–Trinajstić information content (AvgIpc) is 3.15. The highest BCUT2D eigenvalue weighted by atomic mass is 16.1. The van der Waals surface area contributed by atoms with Crippen LogP contribution in [0.2, 0.25) is 0 Å². The highest BCUT2D eigenvalue weighted by molar-refractivity contribution is 5.92. The molecule has 120 valence electrons. The molecule has 2 heterocycles. The Kier molecular flexibility index (Phi) is 4.72. The molecular formula is C19H23N3O. The van der Waals surface area contributed by atoms with Crippen molar-refractivity contribution in [3.05, 3.63) is 53.7 Å². The fourth-order valence-corrected chi connectivity index (χ4v) is 3.12. The van der Waals surface area contributed by atoms with Crippen molar-refractivity contribution in [1.82, 2.24) is 15.2 Å². The third kappa shape index (κ3) is 3.42. The molecule has 1 amide bonds. The number of hydrogen-bond donors (Lipinski definition) is 1. The van der Waals surface area contributed by atoms with Gasteiger partial charge in [0.15, 0.2) is 0 Å². The van der Waals surface area contributed by atoms with Gasteiger partial charge in [-0.25, -0.2) is 4.98 Å². The Morgan fingerprint density at radius 2 is 1.83 bits per heavy atom. The molecule has 1 unspecified atom stereocenters. The van der Waals surface area contributed by atoms with Crippen LogP contribution in [0.15, 0.2) is 42.5 Å². The van der Waals surface area contributed by atoms with Gasteiger partial charge in [0.25, 0.3) is 5.91 Å². The maximum absolute atomic E-state index is 11.7. The largest absolute Gasteiger partial charge is 0.354 e. The number of carbonyl (C=O) groups excluding carboxylic acids is 1. The Labute approximate surface area is 137 Å².